The summed E-state index contributed by atoms with van der Waals surface area (Å²) in [5.74, 6) is 0.887. The van der Waals surface area contributed by atoms with Crippen molar-refractivity contribution >= 4 is 24.9 Å². The van der Waals surface area contributed by atoms with E-state index in [-0.39, 0.29) is 47.3 Å². The molecule has 9 nitrogen and oxygen atoms in total. The second-order valence-corrected chi connectivity index (χ2v) is 13.1. The van der Waals surface area contributed by atoms with E-state index in [1.807, 2.05) is 30.3 Å². The number of nitrogens with one attached hydrogen (secondary N) is 5. The summed E-state index contributed by atoms with van der Waals surface area (Å²) in [4.78, 5) is 26.7. The molecule has 40 heavy (non-hydrogen) atoms. The maximum absolute atomic E-state index is 13.7. The lowest BCUT2D eigenvalue weighted by atomic mass is 9.43. The Labute approximate surface area is 240 Å². The number of guanidine groups is 1. The van der Waals surface area contributed by atoms with Gasteiger partial charge in [-0.05, 0) is 67.8 Å². The summed E-state index contributed by atoms with van der Waals surface area (Å²) >= 11 is 0. The third kappa shape index (κ3) is 6.65. The van der Waals surface area contributed by atoms with Gasteiger partial charge in [-0.3, -0.25) is 15.0 Å². The molecule has 3 saturated carbocycles. The second kappa shape index (κ2) is 12.5. The highest BCUT2D eigenvalue weighted by atomic mass is 16.7. The Morgan fingerprint density at radius 3 is 2.50 bits per heavy atom. The van der Waals surface area contributed by atoms with Gasteiger partial charge in [-0.15, -0.1) is 0 Å². The molecule has 2 amide bonds. The van der Waals surface area contributed by atoms with Gasteiger partial charge in [0.25, 0.3) is 0 Å². The average Bonchev–Trinajstić information content (AvgIpc) is 3.27. The van der Waals surface area contributed by atoms with Crippen LogP contribution in [-0.4, -0.2) is 62.2 Å². The van der Waals surface area contributed by atoms with Crippen LogP contribution in [0.5, 0.6) is 0 Å². The highest BCUT2D eigenvalue weighted by Crippen LogP contribution is 2.65. The van der Waals surface area contributed by atoms with Crippen molar-refractivity contribution in [1.29, 1.82) is 5.41 Å². The number of rotatable bonds is 12. The number of amides is 2. The number of hydrogen-bond donors (Lipinski definition) is 5. The molecule has 1 aliphatic heterocycles. The van der Waals surface area contributed by atoms with Crippen LogP contribution in [0, 0.1) is 28.6 Å². The van der Waals surface area contributed by atoms with Crippen molar-refractivity contribution in [3.63, 3.8) is 0 Å². The monoisotopic (exact) mass is 553 g/mol. The highest BCUT2D eigenvalue weighted by molar-refractivity contribution is 6.48. The molecule has 4 aliphatic rings. The van der Waals surface area contributed by atoms with Crippen LogP contribution in [0.2, 0.25) is 0 Å². The fourth-order valence-corrected chi connectivity index (χ4v) is 7.00. The minimum Gasteiger partial charge on any atom is -0.404 e. The molecule has 0 aromatic heterocycles. The summed E-state index contributed by atoms with van der Waals surface area (Å²) in [6, 6.07) is 8.81. The van der Waals surface area contributed by atoms with E-state index >= 15 is 0 Å². The van der Waals surface area contributed by atoms with E-state index in [1.165, 1.54) is 6.42 Å². The van der Waals surface area contributed by atoms with Crippen molar-refractivity contribution in [2.24, 2.45) is 23.2 Å². The molecule has 5 rings (SSSR count). The van der Waals surface area contributed by atoms with Crippen molar-refractivity contribution in [3.8, 4) is 0 Å². The average molecular weight is 554 g/mol. The van der Waals surface area contributed by atoms with Crippen LogP contribution in [0.15, 0.2) is 30.3 Å². The zero-order valence-corrected chi connectivity index (χ0v) is 25.0. The predicted octanol–water partition coefficient (Wildman–Crippen LogP) is 3.04. The first-order valence-electron chi connectivity index (χ1n) is 14.9. The minimum absolute atomic E-state index is 0.0378. The Morgan fingerprint density at radius 1 is 1.12 bits per heavy atom. The molecular formula is C30H48BN5O4. The molecule has 1 heterocycles. The summed E-state index contributed by atoms with van der Waals surface area (Å²) < 4.78 is 13.3. The van der Waals surface area contributed by atoms with E-state index in [9.17, 15) is 9.59 Å². The first-order chi connectivity index (χ1) is 18.9. The zero-order chi connectivity index (χ0) is 29.1. The number of carbonyl (C=O) groups excluding carboxylic acids is 2. The molecule has 4 fully saturated rings. The molecule has 220 valence electrons. The van der Waals surface area contributed by atoms with Crippen molar-refractivity contribution in [2.45, 2.75) is 96.8 Å². The van der Waals surface area contributed by atoms with Crippen LogP contribution in [0.25, 0.3) is 0 Å². The Bertz CT molecular complexity index is 1050. The lowest BCUT2D eigenvalue weighted by Gasteiger charge is -2.64. The van der Waals surface area contributed by atoms with E-state index < -0.39 is 13.2 Å². The van der Waals surface area contributed by atoms with Gasteiger partial charge in [0.15, 0.2) is 5.96 Å². The molecule has 1 aromatic rings. The minimum atomic E-state index is -0.706. The van der Waals surface area contributed by atoms with Crippen molar-refractivity contribution in [3.05, 3.63) is 35.9 Å². The van der Waals surface area contributed by atoms with Gasteiger partial charge in [-0.2, -0.15) is 0 Å². The second-order valence-electron chi connectivity index (χ2n) is 13.1. The molecule has 2 bridgehead atoms. The summed E-state index contributed by atoms with van der Waals surface area (Å²) in [7, 11) is 1.16. The van der Waals surface area contributed by atoms with Gasteiger partial charge >= 0.3 is 7.12 Å². The Hall–Kier alpha value is -2.59. The largest absolute Gasteiger partial charge is 0.481 e. The Balaban J connectivity index is 1.43. The van der Waals surface area contributed by atoms with Crippen LogP contribution in [-0.2, 0) is 25.3 Å². The van der Waals surface area contributed by atoms with Crippen LogP contribution in [0.1, 0.15) is 72.3 Å². The lowest BCUT2D eigenvalue weighted by molar-refractivity contribution is -0.199. The first kappa shape index (κ1) is 30.4. The van der Waals surface area contributed by atoms with Gasteiger partial charge < -0.3 is 30.6 Å². The van der Waals surface area contributed by atoms with E-state index in [2.05, 4.69) is 55.9 Å². The number of benzene rings is 1. The summed E-state index contributed by atoms with van der Waals surface area (Å²) in [5.41, 5.74) is 0.785. The van der Waals surface area contributed by atoms with E-state index in [0.717, 1.165) is 12.0 Å². The summed E-state index contributed by atoms with van der Waals surface area (Å²) in [5, 5.41) is 19.6. The first-order valence-corrected chi connectivity index (χ1v) is 14.9. The molecule has 5 N–H and O–H groups in total. The van der Waals surface area contributed by atoms with Crippen LogP contribution in [0.4, 0.5) is 0 Å². The molecule has 0 unspecified atom stereocenters. The van der Waals surface area contributed by atoms with Crippen molar-refractivity contribution < 1.29 is 18.9 Å². The summed E-state index contributed by atoms with van der Waals surface area (Å²) in [6.45, 7) is 11.6. The fourth-order valence-electron chi connectivity index (χ4n) is 7.00. The fraction of sp³-hybridized carbons (Fsp3) is 0.700. The normalized spacial score (nSPS) is 27.7. The van der Waals surface area contributed by atoms with Crippen LogP contribution in [0.3, 0.4) is 0 Å². The summed E-state index contributed by atoms with van der Waals surface area (Å²) in [6.07, 6.45) is 4.17. The molecule has 1 saturated heterocycles. The van der Waals surface area contributed by atoms with Crippen molar-refractivity contribution in [1.82, 2.24) is 21.3 Å². The van der Waals surface area contributed by atoms with E-state index in [4.69, 9.17) is 14.7 Å². The molecule has 0 radical (unpaired) electrons. The molecule has 3 aliphatic carbocycles. The van der Waals surface area contributed by atoms with Gasteiger partial charge in [0.2, 0.25) is 11.8 Å². The van der Waals surface area contributed by atoms with E-state index in [1.54, 1.807) is 7.05 Å². The van der Waals surface area contributed by atoms with Gasteiger partial charge in [0, 0.05) is 13.6 Å². The Morgan fingerprint density at radius 2 is 1.85 bits per heavy atom. The maximum atomic E-state index is 13.7. The SMILES string of the molecule is CNC(=N)NCCC[C@H](NC(=O)Cc1ccccc1)C(=O)N[C@@H](CC(C)C)B1O[C@@H]2C[C@@H]3C[C@@H](C3(C)C)[C@]2(C)O1. The number of hydrogen-bond acceptors (Lipinski definition) is 5. The quantitative estimate of drug-likeness (QED) is 0.117. The van der Waals surface area contributed by atoms with Gasteiger partial charge in [-0.25, -0.2) is 0 Å². The topological polar surface area (TPSA) is 125 Å². The van der Waals surface area contributed by atoms with Crippen LogP contribution < -0.4 is 21.3 Å². The third-order valence-electron chi connectivity index (χ3n) is 9.43. The maximum Gasteiger partial charge on any atom is 0.481 e. The standard InChI is InChI=1S/C30H48BN5O4/c1-19(2)15-25(31-39-24-18-21-17-23(29(21,3)4)30(24,5)40-31)36-27(38)22(13-10-14-34-28(32)33-6)35-26(37)16-20-11-8-7-9-12-20/h7-9,11-12,19,21-25H,10,13-18H2,1-6H3,(H,35,37)(H,36,38)(H3,32,33,34)/t21-,22-,23-,24+,25-,30-/m0/s1. The Kier molecular flexibility index (Phi) is 9.50. The number of carbonyl (C=O) groups is 2. The van der Waals surface area contributed by atoms with Crippen LogP contribution >= 0.6 is 0 Å². The lowest BCUT2D eigenvalue weighted by Crippen LogP contribution is -2.65. The highest BCUT2D eigenvalue weighted by Gasteiger charge is 2.68. The van der Waals surface area contributed by atoms with Crippen molar-refractivity contribution in [2.75, 3.05) is 13.6 Å². The third-order valence-corrected chi connectivity index (χ3v) is 9.43. The molecule has 1 aromatic carbocycles. The molecule has 6 atom stereocenters. The predicted molar refractivity (Wildman–Crippen MR) is 158 cm³/mol. The van der Waals surface area contributed by atoms with Gasteiger partial charge in [0.1, 0.15) is 6.04 Å². The molecular weight excluding hydrogens is 505 g/mol. The smallest absolute Gasteiger partial charge is 0.404 e. The molecule has 10 heteroatoms. The molecule has 0 spiro atoms. The van der Waals surface area contributed by atoms with Gasteiger partial charge in [-0.1, -0.05) is 58.0 Å². The zero-order valence-electron chi connectivity index (χ0n) is 25.0. The van der Waals surface area contributed by atoms with Gasteiger partial charge in [0.05, 0.1) is 24.1 Å². The van der Waals surface area contributed by atoms with E-state index in [0.29, 0.717) is 43.6 Å².